The Bertz CT molecular complexity index is 402. The standard InChI is InChI=1S/C10H12F3N3O/c11-10(12,13)9-7(14)4-15-8(16-9)3-6-1-2-17-5-6/h4,6H,1-3,5,14H2. The van der Waals surface area contributed by atoms with Crippen LogP contribution in [-0.4, -0.2) is 23.2 Å². The third-order valence-electron chi connectivity index (χ3n) is 2.63. The molecule has 17 heavy (non-hydrogen) atoms. The second kappa shape index (κ2) is 4.48. The smallest absolute Gasteiger partial charge is 0.396 e. The van der Waals surface area contributed by atoms with Crippen LogP contribution in [0.4, 0.5) is 18.9 Å². The van der Waals surface area contributed by atoms with Crippen molar-refractivity contribution in [3.63, 3.8) is 0 Å². The summed E-state index contributed by atoms with van der Waals surface area (Å²) in [6.07, 6.45) is -2.30. The van der Waals surface area contributed by atoms with E-state index in [4.69, 9.17) is 10.5 Å². The van der Waals surface area contributed by atoms with E-state index in [1.54, 1.807) is 0 Å². The third kappa shape index (κ3) is 2.85. The Labute approximate surface area is 96.0 Å². The van der Waals surface area contributed by atoms with E-state index < -0.39 is 17.6 Å². The van der Waals surface area contributed by atoms with Gasteiger partial charge in [0.05, 0.1) is 11.9 Å². The number of nitrogens with zero attached hydrogens (tertiary/aromatic N) is 2. The van der Waals surface area contributed by atoms with Crippen LogP contribution in [-0.2, 0) is 17.3 Å². The zero-order valence-corrected chi connectivity index (χ0v) is 9.00. The molecule has 1 aliphatic heterocycles. The lowest BCUT2D eigenvalue weighted by atomic mass is 10.0. The van der Waals surface area contributed by atoms with Gasteiger partial charge in [0.25, 0.3) is 0 Å². The molecule has 1 aromatic rings. The molecule has 0 bridgehead atoms. The second-order valence-corrected chi connectivity index (χ2v) is 4.02. The van der Waals surface area contributed by atoms with Crippen molar-refractivity contribution < 1.29 is 17.9 Å². The summed E-state index contributed by atoms with van der Waals surface area (Å²) in [6.45, 7) is 1.20. The van der Waals surface area contributed by atoms with Crippen LogP contribution in [0.25, 0.3) is 0 Å². The molecule has 2 heterocycles. The quantitative estimate of drug-likeness (QED) is 0.863. The molecule has 1 fully saturated rings. The molecular formula is C10H12F3N3O. The minimum Gasteiger partial charge on any atom is -0.396 e. The zero-order valence-electron chi connectivity index (χ0n) is 9.00. The number of rotatable bonds is 2. The molecule has 1 atom stereocenters. The predicted octanol–water partition coefficient (Wildman–Crippen LogP) is 1.66. The lowest BCUT2D eigenvalue weighted by Crippen LogP contribution is -2.16. The van der Waals surface area contributed by atoms with Gasteiger partial charge in [-0.05, 0) is 12.3 Å². The monoisotopic (exact) mass is 247 g/mol. The van der Waals surface area contributed by atoms with E-state index in [0.717, 1.165) is 12.6 Å². The van der Waals surface area contributed by atoms with Crippen LogP contribution < -0.4 is 5.73 Å². The van der Waals surface area contributed by atoms with Gasteiger partial charge >= 0.3 is 6.18 Å². The van der Waals surface area contributed by atoms with Gasteiger partial charge < -0.3 is 10.5 Å². The highest BCUT2D eigenvalue weighted by molar-refractivity contribution is 5.41. The van der Waals surface area contributed by atoms with Crippen LogP contribution in [0.1, 0.15) is 17.9 Å². The molecule has 7 heteroatoms. The van der Waals surface area contributed by atoms with Crippen molar-refractivity contribution in [2.45, 2.75) is 19.0 Å². The van der Waals surface area contributed by atoms with Crippen molar-refractivity contribution in [3.8, 4) is 0 Å². The molecule has 2 N–H and O–H groups in total. The summed E-state index contributed by atoms with van der Waals surface area (Å²) >= 11 is 0. The summed E-state index contributed by atoms with van der Waals surface area (Å²) < 4.78 is 42.8. The fourth-order valence-electron chi connectivity index (χ4n) is 1.76. The number of halogens is 3. The van der Waals surface area contributed by atoms with Crippen molar-refractivity contribution in [1.29, 1.82) is 0 Å². The third-order valence-corrected chi connectivity index (χ3v) is 2.63. The van der Waals surface area contributed by atoms with Gasteiger partial charge in [0.1, 0.15) is 5.82 Å². The highest BCUT2D eigenvalue weighted by atomic mass is 19.4. The van der Waals surface area contributed by atoms with E-state index in [1.807, 2.05) is 0 Å². The van der Waals surface area contributed by atoms with Crippen LogP contribution in [0.3, 0.4) is 0 Å². The van der Waals surface area contributed by atoms with Crippen molar-refractivity contribution in [3.05, 3.63) is 17.7 Å². The number of hydrogen-bond donors (Lipinski definition) is 1. The lowest BCUT2D eigenvalue weighted by Gasteiger charge is -2.11. The number of ether oxygens (including phenoxy) is 1. The summed E-state index contributed by atoms with van der Waals surface area (Å²) in [7, 11) is 0. The SMILES string of the molecule is Nc1cnc(CC2CCOC2)nc1C(F)(F)F. The second-order valence-electron chi connectivity index (χ2n) is 4.02. The molecule has 0 aliphatic carbocycles. The van der Waals surface area contributed by atoms with E-state index >= 15 is 0 Å². The summed E-state index contributed by atoms with van der Waals surface area (Å²) in [4.78, 5) is 7.31. The fraction of sp³-hybridized carbons (Fsp3) is 0.600. The summed E-state index contributed by atoms with van der Waals surface area (Å²) in [5.74, 6) is 0.363. The maximum Gasteiger partial charge on any atom is 0.435 e. The van der Waals surface area contributed by atoms with Crippen molar-refractivity contribution in [1.82, 2.24) is 9.97 Å². The van der Waals surface area contributed by atoms with Crippen molar-refractivity contribution in [2.75, 3.05) is 18.9 Å². The number of nitrogens with two attached hydrogens (primary N) is 1. The number of nitrogen functional groups attached to an aromatic ring is 1. The van der Waals surface area contributed by atoms with E-state index in [0.29, 0.717) is 19.6 Å². The maximum absolute atomic E-state index is 12.5. The first kappa shape index (κ1) is 12.1. The highest BCUT2D eigenvalue weighted by Crippen LogP contribution is 2.31. The average Bonchev–Trinajstić information content (AvgIpc) is 2.72. The first-order valence-electron chi connectivity index (χ1n) is 5.23. The number of alkyl halides is 3. The van der Waals surface area contributed by atoms with E-state index in [2.05, 4.69) is 9.97 Å². The molecule has 94 valence electrons. The Hall–Kier alpha value is -1.37. The van der Waals surface area contributed by atoms with Crippen LogP contribution in [0.5, 0.6) is 0 Å². The Morgan fingerprint density at radius 2 is 2.24 bits per heavy atom. The molecular weight excluding hydrogens is 235 g/mol. The van der Waals surface area contributed by atoms with Gasteiger partial charge in [-0.25, -0.2) is 9.97 Å². The topological polar surface area (TPSA) is 61.0 Å². The first-order valence-corrected chi connectivity index (χ1v) is 5.23. The first-order chi connectivity index (χ1) is 7.97. The summed E-state index contributed by atoms with van der Waals surface area (Å²) in [6, 6.07) is 0. The van der Waals surface area contributed by atoms with Crippen LogP contribution in [0.15, 0.2) is 6.20 Å². The molecule has 1 saturated heterocycles. The van der Waals surface area contributed by atoms with Crippen LogP contribution in [0.2, 0.25) is 0 Å². The molecule has 0 aromatic carbocycles. The molecule has 0 amide bonds. The molecule has 1 aromatic heterocycles. The van der Waals surface area contributed by atoms with Crippen LogP contribution >= 0.6 is 0 Å². The Morgan fingerprint density at radius 3 is 2.82 bits per heavy atom. The van der Waals surface area contributed by atoms with Crippen LogP contribution in [0, 0.1) is 5.92 Å². The van der Waals surface area contributed by atoms with E-state index in [-0.39, 0.29) is 11.7 Å². The molecule has 0 saturated carbocycles. The lowest BCUT2D eigenvalue weighted by molar-refractivity contribution is -0.140. The number of hydrogen-bond acceptors (Lipinski definition) is 4. The number of aromatic nitrogens is 2. The maximum atomic E-state index is 12.5. The molecule has 0 radical (unpaired) electrons. The zero-order chi connectivity index (χ0) is 12.5. The number of anilines is 1. The molecule has 4 nitrogen and oxygen atoms in total. The van der Waals surface area contributed by atoms with Gasteiger partial charge in [-0.2, -0.15) is 13.2 Å². The Kier molecular flexibility index (Phi) is 3.19. The summed E-state index contributed by atoms with van der Waals surface area (Å²) in [5, 5.41) is 0. The molecule has 0 spiro atoms. The average molecular weight is 247 g/mol. The fourth-order valence-corrected chi connectivity index (χ4v) is 1.76. The van der Waals surface area contributed by atoms with Gasteiger partial charge in [-0.15, -0.1) is 0 Å². The van der Waals surface area contributed by atoms with Gasteiger partial charge in [0.15, 0.2) is 5.69 Å². The van der Waals surface area contributed by atoms with E-state index in [1.165, 1.54) is 0 Å². The minimum absolute atomic E-state index is 0.169. The molecule has 1 unspecified atom stereocenters. The van der Waals surface area contributed by atoms with E-state index in [9.17, 15) is 13.2 Å². The van der Waals surface area contributed by atoms with Crippen molar-refractivity contribution in [2.24, 2.45) is 5.92 Å². The largest absolute Gasteiger partial charge is 0.435 e. The Morgan fingerprint density at radius 1 is 1.47 bits per heavy atom. The van der Waals surface area contributed by atoms with Gasteiger partial charge in [-0.1, -0.05) is 0 Å². The normalized spacial score (nSPS) is 20.8. The minimum atomic E-state index is -4.53. The van der Waals surface area contributed by atoms with Crippen molar-refractivity contribution >= 4 is 5.69 Å². The predicted molar refractivity (Wildman–Crippen MR) is 54.1 cm³/mol. The molecule has 2 rings (SSSR count). The van der Waals surface area contributed by atoms with Gasteiger partial charge in [-0.3, -0.25) is 0 Å². The molecule has 1 aliphatic rings. The Balaban J connectivity index is 2.18. The van der Waals surface area contributed by atoms with Gasteiger partial charge in [0.2, 0.25) is 0 Å². The highest BCUT2D eigenvalue weighted by Gasteiger charge is 2.35. The van der Waals surface area contributed by atoms with Gasteiger partial charge in [0, 0.05) is 19.6 Å². The summed E-state index contributed by atoms with van der Waals surface area (Å²) in [5.41, 5.74) is 3.72.